The lowest BCUT2D eigenvalue weighted by atomic mass is 9.96. The number of amides is 1. The predicted octanol–water partition coefficient (Wildman–Crippen LogP) is 4.16. The SMILES string of the molecule is COc1ccccc1NC(=O)[C@H]1CCCN(c2nccc3sccc23)C1. The topological polar surface area (TPSA) is 54.5 Å². The Hall–Kier alpha value is -2.60. The molecule has 0 aliphatic carbocycles. The maximum absolute atomic E-state index is 12.8. The van der Waals surface area contributed by atoms with Crippen LogP contribution in [0.15, 0.2) is 48.0 Å². The standard InChI is InChI=1S/C20H21N3O2S/c1-25-17-7-3-2-6-16(17)22-20(24)14-5-4-11-23(13-14)19-15-9-12-26-18(15)8-10-21-19/h2-3,6-10,12,14H,4-5,11,13H2,1H3,(H,22,24)/t14-/m0/s1. The molecule has 0 unspecified atom stereocenters. The third-order valence-corrected chi connectivity index (χ3v) is 5.70. The Morgan fingerprint density at radius 1 is 1.31 bits per heavy atom. The van der Waals surface area contributed by atoms with Crippen molar-refractivity contribution in [3.05, 3.63) is 48.0 Å². The Kier molecular flexibility index (Phi) is 4.75. The van der Waals surface area contributed by atoms with E-state index in [1.165, 1.54) is 10.1 Å². The molecule has 1 aliphatic heterocycles. The molecule has 5 nitrogen and oxygen atoms in total. The number of thiophene rings is 1. The van der Waals surface area contributed by atoms with Gasteiger partial charge in [-0.1, -0.05) is 12.1 Å². The maximum Gasteiger partial charge on any atom is 0.229 e. The molecule has 0 spiro atoms. The van der Waals surface area contributed by atoms with Crippen LogP contribution >= 0.6 is 11.3 Å². The first-order chi connectivity index (χ1) is 12.8. The van der Waals surface area contributed by atoms with E-state index in [2.05, 4.69) is 26.6 Å². The van der Waals surface area contributed by atoms with Crippen molar-refractivity contribution in [2.24, 2.45) is 5.92 Å². The molecule has 26 heavy (non-hydrogen) atoms. The average molecular weight is 367 g/mol. The summed E-state index contributed by atoms with van der Waals surface area (Å²) in [5, 5.41) is 6.29. The molecule has 1 N–H and O–H groups in total. The lowest BCUT2D eigenvalue weighted by Gasteiger charge is -2.33. The van der Waals surface area contributed by atoms with Crippen molar-refractivity contribution in [2.75, 3.05) is 30.4 Å². The van der Waals surface area contributed by atoms with Gasteiger partial charge in [0.25, 0.3) is 0 Å². The number of piperidine rings is 1. The number of aromatic nitrogens is 1. The van der Waals surface area contributed by atoms with Gasteiger partial charge in [0.15, 0.2) is 0 Å². The van der Waals surface area contributed by atoms with Crippen molar-refractivity contribution in [1.82, 2.24) is 4.98 Å². The lowest BCUT2D eigenvalue weighted by Crippen LogP contribution is -2.41. The largest absolute Gasteiger partial charge is 0.495 e. The molecule has 3 heterocycles. The molecule has 134 valence electrons. The van der Waals surface area contributed by atoms with E-state index in [-0.39, 0.29) is 11.8 Å². The summed E-state index contributed by atoms with van der Waals surface area (Å²) in [5.41, 5.74) is 0.718. The highest BCUT2D eigenvalue weighted by Crippen LogP contribution is 2.32. The van der Waals surface area contributed by atoms with Gasteiger partial charge in [0.05, 0.1) is 18.7 Å². The highest BCUT2D eigenvalue weighted by atomic mass is 32.1. The second kappa shape index (κ2) is 7.33. The second-order valence-electron chi connectivity index (χ2n) is 6.44. The van der Waals surface area contributed by atoms with E-state index in [0.717, 1.165) is 30.9 Å². The van der Waals surface area contributed by atoms with Gasteiger partial charge in [0.1, 0.15) is 11.6 Å². The monoisotopic (exact) mass is 367 g/mol. The summed E-state index contributed by atoms with van der Waals surface area (Å²) in [4.78, 5) is 19.6. The number of pyridine rings is 1. The minimum absolute atomic E-state index is 0.0386. The quantitative estimate of drug-likeness (QED) is 0.752. The molecule has 0 saturated carbocycles. The third-order valence-electron chi connectivity index (χ3n) is 4.82. The van der Waals surface area contributed by atoms with Gasteiger partial charge in [-0.25, -0.2) is 4.98 Å². The third kappa shape index (κ3) is 3.24. The molecule has 1 atom stereocenters. The molecule has 0 bridgehead atoms. The molecule has 1 aliphatic rings. The predicted molar refractivity (Wildman–Crippen MR) is 106 cm³/mol. The van der Waals surface area contributed by atoms with Crippen LogP contribution in [-0.2, 0) is 4.79 Å². The van der Waals surface area contributed by atoms with Crippen LogP contribution in [0.25, 0.3) is 10.1 Å². The molecule has 3 aromatic rings. The molecule has 1 aromatic carbocycles. The van der Waals surface area contributed by atoms with Crippen molar-refractivity contribution in [3.8, 4) is 5.75 Å². The minimum atomic E-state index is -0.0654. The van der Waals surface area contributed by atoms with Gasteiger partial charge in [0.2, 0.25) is 5.91 Å². The Balaban J connectivity index is 1.51. The highest BCUT2D eigenvalue weighted by molar-refractivity contribution is 7.17. The van der Waals surface area contributed by atoms with E-state index in [0.29, 0.717) is 12.3 Å². The van der Waals surface area contributed by atoms with Crippen LogP contribution < -0.4 is 15.0 Å². The Morgan fingerprint density at radius 3 is 3.08 bits per heavy atom. The molecule has 0 radical (unpaired) electrons. The number of hydrogen-bond donors (Lipinski definition) is 1. The normalized spacial score (nSPS) is 17.3. The number of para-hydroxylation sites is 2. The van der Waals surface area contributed by atoms with Crippen molar-refractivity contribution < 1.29 is 9.53 Å². The van der Waals surface area contributed by atoms with Crippen LogP contribution in [0.5, 0.6) is 5.75 Å². The number of ether oxygens (including phenoxy) is 1. The number of benzene rings is 1. The summed E-state index contributed by atoms with van der Waals surface area (Å²) in [6, 6.07) is 11.7. The summed E-state index contributed by atoms with van der Waals surface area (Å²) < 4.78 is 6.56. The van der Waals surface area contributed by atoms with Gasteiger partial charge >= 0.3 is 0 Å². The van der Waals surface area contributed by atoms with E-state index >= 15 is 0 Å². The molecule has 2 aromatic heterocycles. The zero-order chi connectivity index (χ0) is 17.9. The van der Waals surface area contributed by atoms with Crippen LogP contribution in [0, 0.1) is 5.92 Å². The van der Waals surface area contributed by atoms with Crippen LogP contribution in [-0.4, -0.2) is 31.1 Å². The molecular formula is C20H21N3O2S. The van der Waals surface area contributed by atoms with Crippen LogP contribution in [0.3, 0.4) is 0 Å². The van der Waals surface area contributed by atoms with Gasteiger partial charge in [-0.15, -0.1) is 11.3 Å². The molecule has 1 saturated heterocycles. The average Bonchev–Trinajstić information content (AvgIpc) is 3.17. The first-order valence-electron chi connectivity index (χ1n) is 8.77. The summed E-state index contributed by atoms with van der Waals surface area (Å²) >= 11 is 1.72. The van der Waals surface area contributed by atoms with Crippen LogP contribution in [0.1, 0.15) is 12.8 Å². The van der Waals surface area contributed by atoms with Crippen molar-refractivity contribution in [2.45, 2.75) is 12.8 Å². The van der Waals surface area contributed by atoms with E-state index in [1.807, 2.05) is 36.5 Å². The minimum Gasteiger partial charge on any atom is -0.495 e. The highest BCUT2D eigenvalue weighted by Gasteiger charge is 2.28. The summed E-state index contributed by atoms with van der Waals surface area (Å²) in [6.45, 7) is 1.61. The number of nitrogens with one attached hydrogen (secondary N) is 1. The fourth-order valence-corrected chi connectivity index (χ4v) is 4.27. The second-order valence-corrected chi connectivity index (χ2v) is 7.39. The fraction of sp³-hybridized carbons (Fsp3) is 0.300. The van der Waals surface area contributed by atoms with Crippen molar-refractivity contribution >= 4 is 38.8 Å². The smallest absolute Gasteiger partial charge is 0.229 e. The summed E-state index contributed by atoms with van der Waals surface area (Å²) in [6.07, 6.45) is 3.72. The fourth-order valence-electron chi connectivity index (χ4n) is 3.50. The van der Waals surface area contributed by atoms with E-state index < -0.39 is 0 Å². The number of rotatable bonds is 4. The zero-order valence-corrected chi connectivity index (χ0v) is 15.5. The number of carbonyl (C=O) groups is 1. The molecule has 6 heteroatoms. The molecule has 1 amide bonds. The number of anilines is 2. The number of nitrogens with zero attached hydrogens (tertiary/aromatic N) is 2. The maximum atomic E-state index is 12.8. The van der Waals surface area contributed by atoms with Gasteiger partial charge < -0.3 is 15.0 Å². The van der Waals surface area contributed by atoms with Crippen LogP contribution in [0.4, 0.5) is 11.5 Å². The number of hydrogen-bond acceptors (Lipinski definition) is 5. The first kappa shape index (κ1) is 16.8. The van der Waals surface area contributed by atoms with E-state index in [9.17, 15) is 4.79 Å². The summed E-state index contributed by atoms with van der Waals surface area (Å²) in [5.74, 6) is 1.64. The Bertz CT molecular complexity index is 924. The first-order valence-corrected chi connectivity index (χ1v) is 9.65. The van der Waals surface area contributed by atoms with Crippen LogP contribution in [0.2, 0.25) is 0 Å². The Morgan fingerprint density at radius 2 is 2.19 bits per heavy atom. The Labute approximate surface area is 156 Å². The van der Waals surface area contributed by atoms with Crippen molar-refractivity contribution in [3.63, 3.8) is 0 Å². The number of carbonyl (C=O) groups excluding carboxylic acids is 1. The van der Waals surface area contributed by atoms with E-state index in [4.69, 9.17) is 4.74 Å². The van der Waals surface area contributed by atoms with Gasteiger partial charge in [-0.05, 0) is 42.5 Å². The number of fused-ring (bicyclic) bond motifs is 1. The van der Waals surface area contributed by atoms with Crippen molar-refractivity contribution in [1.29, 1.82) is 0 Å². The van der Waals surface area contributed by atoms with Gasteiger partial charge in [-0.2, -0.15) is 0 Å². The van der Waals surface area contributed by atoms with Gasteiger partial charge in [0, 0.05) is 29.4 Å². The molecular weight excluding hydrogens is 346 g/mol. The van der Waals surface area contributed by atoms with Gasteiger partial charge in [-0.3, -0.25) is 4.79 Å². The number of methoxy groups -OCH3 is 1. The zero-order valence-electron chi connectivity index (χ0n) is 14.6. The summed E-state index contributed by atoms with van der Waals surface area (Å²) in [7, 11) is 1.61. The lowest BCUT2D eigenvalue weighted by molar-refractivity contribution is -0.120. The van der Waals surface area contributed by atoms with E-state index in [1.54, 1.807) is 18.4 Å². The molecule has 4 rings (SSSR count). The molecule has 1 fully saturated rings.